The van der Waals surface area contributed by atoms with Crippen molar-refractivity contribution in [1.29, 1.82) is 0 Å². The molecule has 0 fully saturated rings. The van der Waals surface area contributed by atoms with E-state index < -0.39 is 53.9 Å². The lowest BCUT2D eigenvalue weighted by Gasteiger charge is -2.14. The van der Waals surface area contributed by atoms with Crippen molar-refractivity contribution in [3.05, 3.63) is 33.8 Å². The molecular weight excluding hydrogens is 356 g/mol. The quantitative estimate of drug-likeness (QED) is 0.712. The van der Waals surface area contributed by atoms with Gasteiger partial charge in [-0.3, -0.25) is 9.59 Å². The number of halogens is 3. The number of aliphatic carboxylic acids is 2. The summed E-state index contributed by atoms with van der Waals surface area (Å²) in [5.74, 6) is -6.35. The van der Waals surface area contributed by atoms with Crippen LogP contribution in [-0.2, 0) is 9.59 Å². The molecule has 0 saturated carbocycles. The van der Waals surface area contributed by atoms with Gasteiger partial charge in [-0.1, -0.05) is 15.9 Å². The van der Waals surface area contributed by atoms with Crippen LogP contribution in [0.15, 0.2) is 16.6 Å². The van der Waals surface area contributed by atoms with E-state index in [2.05, 4.69) is 15.9 Å². The number of carboxylic acid groups (broad SMARTS) is 2. The molecule has 3 N–H and O–H groups in total. The minimum atomic E-state index is -1.56. The van der Waals surface area contributed by atoms with Gasteiger partial charge in [-0.15, -0.1) is 0 Å². The number of carbonyl (C=O) groups excluding carboxylic acids is 1. The second kappa shape index (κ2) is 7.11. The minimum Gasteiger partial charge on any atom is -0.481 e. The van der Waals surface area contributed by atoms with Gasteiger partial charge in [0, 0.05) is 10.9 Å². The molecule has 0 aromatic heterocycles. The summed E-state index contributed by atoms with van der Waals surface area (Å²) in [7, 11) is 0. The largest absolute Gasteiger partial charge is 0.481 e. The minimum absolute atomic E-state index is 0.0784. The molecule has 0 aliphatic rings. The molecule has 0 saturated heterocycles. The number of hydrogen-bond donors (Lipinski definition) is 3. The number of rotatable bonds is 6. The van der Waals surface area contributed by atoms with Crippen LogP contribution >= 0.6 is 15.9 Å². The zero-order chi connectivity index (χ0) is 16.2. The van der Waals surface area contributed by atoms with E-state index in [-0.39, 0.29) is 4.47 Å². The number of carboxylic acids is 2. The Morgan fingerprint density at radius 1 is 1.19 bits per heavy atom. The average molecular weight is 366 g/mol. The Kier molecular flexibility index (Phi) is 5.77. The van der Waals surface area contributed by atoms with E-state index in [1.54, 1.807) is 0 Å². The van der Waals surface area contributed by atoms with E-state index in [9.17, 15) is 23.2 Å². The molecule has 9 heteroatoms. The summed E-state index contributed by atoms with van der Waals surface area (Å²) in [6.45, 7) is 0. The van der Waals surface area contributed by atoms with Crippen LogP contribution < -0.4 is 5.32 Å². The number of hydrogen-bond acceptors (Lipinski definition) is 3. The SMILES string of the molecule is O=C(O)CC[C@H](NC(=O)c1c(F)cc(Br)cc1F)C(=O)O. The van der Waals surface area contributed by atoms with Crippen LogP contribution in [-0.4, -0.2) is 34.1 Å². The second-order valence-corrected chi connectivity index (χ2v) is 4.96. The van der Waals surface area contributed by atoms with Crippen molar-refractivity contribution < 1.29 is 33.4 Å². The van der Waals surface area contributed by atoms with Crippen LogP contribution in [0.5, 0.6) is 0 Å². The normalized spacial score (nSPS) is 11.8. The highest BCUT2D eigenvalue weighted by atomic mass is 79.9. The lowest BCUT2D eigenvalue weighted by atomic mass is 10.1. The molecule has 1 aromatic carbocycles. The number of nitrogens with one attached hydrogen (secondary N) is 1. The van der Waals surface area contributed by atoms with Gasteiger partial charge in [-0.05, 0) is 18.6 Å². The van der Waals surface area contributed by atoms with Crippen molar-refractivity contribution in [2.24, 2.45) is 0 Å². The zero-order valence-corrected chi connectivity index (χ0v) is 12.0. The molecule has 0 spiro atoms. The van der Waals surface area contributed by atoms with Gasteiger partial charge in [0.1, 0.15) is 23.2 Å². The second-order valence-electron chi connectivity index (χ2n) is 4.04. The van der Waals surface area contributed by atoms with E-state index >= 15 is 0 Å². The maximum absolute atomic E-state index is 13.6. The molecule has 0 aliphatic heterocycles. The van der Waals surface area contributed by atoms with Gasteiger partial charge in [0.15, 0.2) is 0 Å². The van der Waals surface area contributed by atoms with Crippen molar-refractivity contribution >= 4 is 33.8 Å². The predicted molar refractivity (Wildman–Crippen MR) is 69.8 cm³/mol. The van der Waals surface area contributed by atoms with Crippen LogP contribution in [0.4, 0.5) is 8.78 Å². The van der Waals surface area contributed by atoms with E-state index in [4.69, 9.17) is 10.2 Å². The van der Waals surface area contributed by atoms with Gasteiger partial charge in [0.05, 0.1) is 0 Å². The van der Waals surface area contributed by atoms with E-state index in [1.807, 2.05) is 5.32 Å². The van der Waals surface area contributed by atoms with Gasteiger partial charge in [0.25, 0.3) is 5.91 Å². The van der Waals surface area contributed by atoms with Crippen LogP contribution in [0.3, 0.4) is 0 Å². The van der Waals surface area contributed by atoms with Crippen LogP contribution in [0.1, 0.15) is 23.2 Å². The topological polar surface area (TPSA) is 104 Å². The molecule has 0 bridgehead atoms. The Labute approximate surface area is 125 Å². The fourth-order valence-corrected chi connectivity index (χ4v) is 1.92. The Morgan fingerprint density at radius 2 is 1.71 bits per heavy atom. The third kappa shape index (κ3) is 4.78. The van der Waals surface area contributed by atoms with Gasteiger partial charge in [-0.25, -0.2) is 13.6 Å². The van der Waals surface area contributed by atoms with Crippen molar-refractivity contribution in [3.8, 4) is 0 Å². The first kappa shape index (κ1) is 17.0. The Balaban J connectivity index is 2.92. The average Bonchev–Trinajstić information content (AvgIpc) is 2.32. The molecule has 0 radical (unpaired) electrons. The summed E-state index contributed by atoms with van der Waals surface area (Å²) in [6.07, 6.45) is -0.918. The molecule has 1 aromatic rings. The van der Waals surface area contributed by atoms with Crippen molar-refractivity contribution in [3.63, 3.8) is 0 Å². The molecule has 6 nitrogen and oxygen atoms in total. The first-order valence-electron chi connectivity index (χ1n) is 5.62. The highest BCUT2D eigenvalue weighted by Gasteiger charge is 2.25. The monoisotopic (exact) mass is 365 g/mol. The Hall–Kier alpha value is -2.03. The molecule has 1 rings (SSSR count). The van der Waals surface area contributed by atoms with Gasteiger partial charge < -0.3 is 15.5 Å². The molecule has 0 unspecified atom stereocenters. The summed E-state index contributed by atoms with van der Waals surface area (Å²) in [6, 6.07) is 0.145. The first-order valence-corrected chi connectivity index (χ1v) is 6.41. The summed E-state index contributed by atoms with van der Waals surface area (Å²) < 4.78 is 27.2. The molecule has 114 valence electrons. The molecule has 21 heavy (non-hydrogen) atoms. The first-order chi connectivity index (χ1) is 9.72. The van der Waals surface area contributed by atoms with Gasteiger partial charge in [0.2, 0.25) is 0 Å². The number of amides is 1. The van der Waals surface area contributed by atoms with Gasteiger partial charge in [-0.2, -0.15) is 0 Å². The van der Waals surface area contributed by atoms with E-state index in [0.29, 0.717) is 0 Å². The Morgan fingerprint density at radius 3 is 2.14 bits per heavy atom. The summed E-state index contributed by atoms with van der Waals surface area (Å²) in [5.41, 5.74) is -0.931. The van der Waals surface area contributed by atoms with E-state index in [0.717, 1.165) is 12.1 Å². The zero-order valence-electron chi connectivity index (χ0n) is 10.4. The predicted octanol–water partition coefficient (Wildman–Crippen LogP) is 1.78. The summed E-state index contributed by atoms with van der Waals surface area (Å²) in [5, 5.41) is 19.2. The third-order valence-corrected chi connectivity index (χ3v) is 2.94. The molecular formula is C12H10BrF2NO5. The summed E-state index contributed by atoms with van der Waals surface area (Å²) in [4.78, 5) is 33.0. The fraction of sp³-hybridized carbons (Fsp3) is 0.250. The van der Waals surface area contributed by atoms with Crippen molar-refractivity contribution in [1.82, 2.24) is 5.32 Å². The highest BCUT2D eigenvalue weighted by molar-refractivity contribution is 9.10. The molecule has 0 aliphatic carbocycles. The maximum atomic E-state index is 13.6. The number of carbonyl (C=O) groups is 3. The van der Waals surface area contributed by atoms with Crippen LogP contribution in [0.25, 0.3) is 0 Å². The lowest BCUT2D eigenvalue weighted by molar-refractivity contribution is -0.140. The highest BCUT2D eigenvalue weighted by Crippen LogP contribution is 2.19. The van der Waals surface area contributed by atoms with Crippen LogP contribution in [0, 0.1) is 11.6 Å². The Bertz CT molecular complexity index is 570. The van der Waals surface area contributed by atoms with Gasteiger partial charge >= 0.3 is 11.9 Å². The summed E-state index contributed by atoms with van der Waals surface area (Å²) >= 11 is 2.84. The molecule has 1 atom stereocenters. The molecule has 1 amide bonds. The number of benzene rings is 1. The van der Waals surface area contributed by atoms with Crippen molar-refractivity contribution in [2.75, 3.05) is 0 Å². The smallest absolute Gasteiger partial charge is 0.326 e. The van der Waals surface area contributed by atoms with Crippen molar-refractivity contribution in [2.45, 2.75) is 18.9 Å². The van der Waals surface area contributed by atoms with Crippen LogP contribution in [0.2, 0.25) is 0 Å². The lowest BCUT2D eigenvalue weighted by Crippen LogP contribution is -2.41. The maximum Gasteiger partial charge on any atom is 0.326 e. The molecule has 0 heterocycles. The fourth-order valence-electron chi connectivity index (χ4n) is 1.51. The van der Waals surface area contributed by atoms with E-state index in [1.165, 1.54) is 0 Å². The third-order valence-electron chi connectivity index (χ3n) is 2.48. The standard InChI is InChI=1S/C12H10BrF2NO5/c13-5-3-6(14)10(7(15)4-5)11(19)16-8(12(20)21)1-2-9(17)18/h3-4,8H,1-2H2,(H,16,19)(H,17,18)(H,20,21)/t8-/m0/s1.